The van der Waals surface area contributed by atoms with Gasteiger partial charge in [0.15, 0.2) is 5.96 Å². The van der Waals surface area contributed by atoms with Crippen LogP contribution in [0, 0.1) is 47.3 Å². The summed E-state index contributed by atoms with van der Waals surface area (Å²) < 4.78 is 0. The average molecular weight is 1080 g/mol. The molecule has 0 heterocycles. The summed E-state index contributed by atoms with van der Waals surface area (Å²) in [6.07, 6.45) is 1.45. The maximum Gasteiger partial charge on any atom is 0.309 e. The number of guanidine groups is 1. The van der Waals surface area contributed by atoms with Gasteiger partial charge in [0.25, 0.3) is 0 Å². The third kappa shape index (κ3) is 31.4. The second-order valence-electron chi connectivity index (χ2n) is 22.0. The number of allylic oxidation sites excluding steroid dienone is 4. The average Bonchev–Trinajstić information content (AvgIpc) is 3.35. The SMILES string of the molecule is CN=C(N)NCCC/C=C/CCC[C@H](C)C[C@H](C)[C@@H](O)[C@@H](C)/C=C/C=C/[C@@H](O)[C@@H](C)[C@H](O)C[C@@H](O)C[C@H](O)C[C@@H](O)C[C@H](O)[C@@H](O)C(O)C[C@@H](O)[C@@H](C)CC[C@H](O)[C@@H](C)[C@@H](O)C[C@@H](O)[C@@H](C)/C=C/[C@@H](O)[C@@H](C)C(=O)O. The van der Waals surface area contributed by atoms with Crippen LogP contribution in [-0.4, -0.2) is 188 Å². The van der Waals surface area contributed by atoms with Gasteiger partial charge >= 0.3 is 5.97 Å². The fourth-order valence-electron chi connectivity index (χ4n) is 8.94. The fourth-order valence-corrected chi connectivity index (χ4v) is 8.94. The van der Waals surface area contributed by atoms with Crippen LogP contribution < -0.4 is 11.1 Å². The Morgan fingerprint density at radius 3 is 1.60 bits per heavy atom. The monoisotopic (exact) mass is 1080 g/mol. The zero-order valence-electron chi connectivity index (χ0n) is 46.6. The lowest BCUT2D eigenvalue weighted by Crippen LogP contribution is -2.42. The molecule has 0 saturated carbocycles. The van der Waals surface area contributed by atoms with Crippen molar-refractivity contribution in [2.75, 3.05) is 13.6 Å². The van der Waals surface area contributed by atoms with E-state index in [0.29, 0.717) is 11.9 Å². The molecule has 0 aliphatic heterocycles. The van der Waals surface area contributed by atoms with Crippen LogP contribution in [0.15, 0.2) is 53.6 Å². The lowest BCUT2D eigenvalue weighted by atomic mass is 9.85. The molecule has 0 saturated heterocycles. The Labute approximate surface area is 448 Å². The Bertz CT molecular complexity index is 1640. The van der Waals surface area contributed by atoms with Crippen LogP contribution in [-0.2, 0) is 4.79 Å². The molecule has 0 spiro atoms. The molecule has 22 atom stereocenters. The Hall–Kier alpha value is -2.86. The van der Waals surface area contributed by atoms with E-state index in [1.165, 1.54) is 25.2 Å². The molecular formula is C56H105N3O16. The van der Waals surface area contributed by atoms with Crippen LogP contribution in [0.5, 0.6) is 0 Å². The van der Waals surface area contributed by atoms with Crippen LogP contribution >= 0.6 is 0 Å². The first-order valence-corrected chi connectivity index (χ1v) is 27.4. The first-order valence-electron chi connectivity index (χ1n) is 27.4. The van der Waals surface area contributed by atoms with Gasteiger partial charge in [-0.3, -0.25) is 9.79 Å². The number of nitrogens with zero attached hydrogens (tertiary/aromatic N) is 1. The molecule has 0 rings (SSSR count). The topological polar surface area (TPSA) is 371 Å². The number of hydrogen-bond donors (Lipinski definition) is 17. The van der Waals surface area contributed by atoms with Crippen molar-refractivity contribution in [2.24, 2.45) is 58.1 Å². The molecule has 75 heavy (non-hydrogen) atoms. The molecule has 0 aliphatic rings. The van der Waals surface area contributed by atoms with Gasteiger partial charge in [-0.1, -0.05) is 103 Å². The summed E-state index contributed by atoms with van der Waals surface area (Å²) in [4.78, 5) is 14.9. The van der Waals surface area contributed by atoms with Crippen LogP contribution in [0.2, 0.25) is 0 Å². The van der Waals surface area contributed by atoms with E-state index in [-0.39, 0.29) is 56.8 Å². The fraction of sp³-hybridized carbons (Fsp3) is 0.821. The summed E-state index contributed by atoms with van der Waals surface area (Å²) >= 11 is 0. The van der Waals surface area contributed by atoms with E-state index < -0.39 is 127 Å². The molecule has 0 amide bonds. The van der Waals surface area contributed by atoms with Crippen LogP contribution in [0.1, 0.15) is 145 Å². The van der Waals surface area contributed by atoms with Crippen LogP contribution in [0.3, 0.4) is 0 Å². The lowest BCUT2D eigenvalue weighted by Gasteiger charge is -2.30. The van der Waals surface area contributed by atoms with Gasteiger partial charge in [-0.05, 0) is 88.9 Å². The molecule has 0 radical (unpaired) electrons. The number of nitrogens with two attached hydrogens (primary N) is 1. The number of rotatable bonds is 42. The molecule has 0 aromatic rings. The van der Waals surface area contributed by atoms with Crippen molar-refractivity contribution in [1.29, 1.82) is 0 Å². The number of carboxylic acid groups (broad SMARTS) is 1. The second kappa shape index (κ2) is 39.5. The summed E-state index contributed by atoms with van der Waals surface area (Å²) in [7, 11) is 1.65. The van der Waals surface area contributed by atoms with Gasteiger partial charge in [0, 0.05) is 56.5 Å². The van der Waals surface area contributed by atoms with Crippen molar-refractivity contribution in [3.8, 4) is 0 Å². The summed E-state index contributed by atoms with van der Waals surface area (Å²) in [6.45, 7) is 14.9. The molecule has 440 valence electrons. The smallest absolute Gasteiger partial charge is 0.309 e. The second-order valence-corrected chi connectivity index (χ2v) is 22.0. The quantitative estimate of drug-likeness (QED) is 0.0137. The number of aliphatic hydroxyl groups excluding tert-OH is 14. The first kappa shape index (κ1) is 72.1. The molecule has 0 fully saturated rings. The third-order valence-electron chi connectivity index (χ3n) is 15.0. The number of aliphatic hydroxyl groups is 14. The summed E-state index contributed by atoms with van der Waals surface area (Å²) in [5, 5.41) is 161. The van der Waals surface area contributed by atoms with E-state index >= 15 is 0 Å². The van der Waals surface area contributed by atoms with Gasteiger partial charge in [0.1, 0.15) is 6.10 Å². The van der Waals surface area contributed by atoms with E-state index in [9.17, 15) is 76.3 Å². The maximum absolute atomic E-state index is 11.1. The van der Waals surface area contributed by atoms with Crippen molar-refractivity contribution in [3.05, 3.63) is 48.6 Å². The van der Waals surface area contributed by atoms with Crippen LogP contribution in [0.4, 0.5) is 0 Å². The molecule has 0 bridgehead atoms. The summed E-state index contributed by atoms with van der Waals surface area (Å²) in [5.41, 5.74) is 5.63. The minimum absolute atomic E-state index is 0.0877. The molecule has 0 aliphatic carbocycles. The molecule has 18 N–H and O–H groups in total. The van der Waals surface area contributed by atoms with E-state index in [2.05, 4.69) is 36.3 Å². The summed E-state index contributed by atoms with van der Waals surface area (Å²) in [5.74, 6) is -3.76. The van der Waals surface area contributed by atoms with Crippen molar-refractivity contribution in [2.45, 2.75) is 231 Å². The molecule has 1 unspecified atom stereocenters. The molecular weight excluding hydrogens is 971 g/mol. The Kier molecular flexibility index (Phi) is 38.0. The van der Waals surface area contributed by atoms with Gasteiger partial charge in [0.05, 0.1) is 85.3 Å². The minimum atomic E-state index is -1.77. The van der Waals surface area contributed by atoms with E-state index in [4.69, 9.17) is 10.8 Å². The highest BCUT2D eigenvalue weighted by atomic mass is 16.4. The first-order chi connectivity index (χ1) is 35.0. The van der Waals surface area contributed by atoms with Crippen molar-refractivity contribution < 1.29 is 81.4 Å². The zero-order valence-corrected chi connectivity index (χ0v) is 46.6. The maximum atomic E-state index is 11.1. The molecule has 0 aromatic heterocycles. The van der Waals surface area contributed by atoms with Gasteiger partial charge in [-0.15, -0.1) is 0 Å². The zero-order chi connectivity index (χ0) is 57.5. The number of unbranched alkanes of at least 4 members (excludes halogenated alkanes) is 2. The molecule has 19 heteroatoms. The van der Waals surface area contributed by atoms with Gasteiger partial charge in [0.2, 0.25) is 0 Å². The minimum Gasteiger partial charge on any atom is -0.481 e. The standard InChI is InChI=1S/C56H105N3O16/c1-33(18-14-12-10-11-13-17-25-59-56(57)58-9)26-37(5)53(72)36(4)19-15-16-20-44(63)38(6)49(68)29-42(61)27-41(60)28-43(62)30-51(70)54(73)52(71)32-48(67)35(3)21-23-45(64)39(7)50(69)31-47(66)34(2)22-24-46(65)40(8)55(74)75/h10-11,15-16,19-20,22,24,33-54,60-73H,12-14,17-18,21,23,25-32H2,1-9H3,(H,74,75)(H3,57,58,59)/b11-10+,19-15+,20-16+,24-22+/t33-,34-,35-,36-,37-,38+,39+,40+,41-,42-,43+,44+,45-,46+,47+,48+,49+,50-,51-,52?,53-,54+/m0/s1. The largest absolute Gasteiger partial charge is 0.481 e. The Morgan fingerprint density at radius 2 is 1.01 bits per heavy atom. The van der Waals surface area contributed by atoms with Crippen molar-refractivity contribution in [1.82, 2.24) is 5.32 Å². The van der Waals surface area contributed by atoms with Crippen LogP contribution in [0.25, 0.3) is 0 Å². The Balaban J connectivity index is 4.74. The predicted octanol–water partition coefficient (Wildman–Crippen LogP) is 2.43. The highest BCUT2D eigenvalue weighted by molar-refractivity contribution is 5.77. The number of carbonyl (C=O) groups is 1. The molecule has 19 nitrogen and oxygen atoms in total. The van der Waals surface area contributed by atoms with E-state index in [1.54, 1.807) is 46.9 Å². The predicted molar refractivity (Wildman–Crippen MR) is 292 cm³/mol. The number of aliphatic carboxylic acids is 1. The number of hydrogen-bond acceptors (Lipinski definition) is 16. The third-order valence-corrected chi connectivity index (χ3v) is 15.0. The van der Waals surface area contributed by atoms with Gasteiger partial charge in [-0.25, -0.2) is 0 Å². The normalized spacial score (nSPS) is 22.0. The highest BCUT2D eigenvalue weighted by Crippen LogP contribution is 2.27. The number of nitrogens with one attached hydrogen (secondary N) is 1. The lowest BCUT2D eigenvalue weighted by molar-refractivity contribution is -0.143. The number of carboxylic acids is 1. The van der Waals surface area contributed by atoms with Gasteiger partial charge < -0.3 is 87.6 Å². The van der Waals surface area contributed by atoms with E-state index in [0.717, 1.165) is 45.1 Å². The summed E-state index contributed by atoms with van der Waals surface area (Å²) in [6, 6.07) is 0. The van der Waals surface area contributed by atoms with Crippen molar-refractivity contribution >= 4 is 11.9 Å². The number of aliphatic imine (C=N–C) groups is 1. The molecule has 0 aromatic carbocycles. The van der Waals surface area contributed by atoms with Crippen molar-refractivity contribution in [3.63, 3.8) is 0 Å². The van der Waals surface area contributed by atoms with E-state index in [1.807, 2.05) is 13.0 Å². The Morgan fingerprint density at radius 1 is 0.493 bits per heavy atom. The highest BCUT2D eigenvalue weighted by Gasteiger charge is 2.33. The van der Waals surface area contributed by atoms with Gasteiger partial charge in [-0.2, -0.15) is 0 Å².